The zero-order chi connectivity index (χ0) is 10.8. The normalized spacial score (nSPS) is 37.1. The molecule has 0 radical (unpaired) electrons. The van der Waals surface area contributed by atoms with E-state index >= 15 is 0 Å². The van der Waals surface area contributed by atoms with Gasteiger partial charge in [0.15, 0.2) is 0 Å². The fraction of sp³-hybridized carbons (Fsp3) is 1.00. The molecule has 2 atom stereocenters. The van der Waals surface area contributed by atoms with E-state index in [4.69, 9.17) is 4.74 Å². The van der Waals surface area contributed by atoms with Gasteiger partial charge in [0.1, 0.15) is 0 Å². The highest BCUT2D eigenvalue weighted by Crippen LogP contribution is 2.49. The first-order chi connectivity index (χ1) is 6.41. The summed E-state index contributed by atoms with van der Waals surface area (Å²) in [5, 5.41) is 0. The molecule has 1 aliphatic rings. The van der Waals surface area contributed by atoms with E-state index in [1.54, 1.807) is 0 Å². The van der Waals surface area contributed by atoms with Crippen molar-refractivity contribution in [1.29, 1.82) is 0 Å². The average Bonchev–Trinajstić information content (AvgIpc) is 2.00. The molecule has 84 valence electrons. The van der Waals surface area contributed by atoms with E-state index in [9.17, 15) is 0 Å². The fourth-order valence-electron chi connectivity index (χ4n) is 3.50. The molecule has 1 fully saturated rings. The van der Waals surface area contributed by atoms with Crippen LogP contribution in [0.1, 0.15) is 59.8 Å². The first kappa shape index (κ1) is 12.0. The first-order valence-corrected chi connectivity index (χ1v) is 5.94. The summed E-state index contributed by atoms with van der Waals surface area (Å²) in [5.74, 6) is 0. The lowest BCUT2D eigenvalue weighted by molar-refractivity contribution is -0.0369. The molecular formula is C13H26O. The molecule has 1 saturated carbocycles. The van der Waals surface area contributed by atoms with Crippen LogP contribution in [0.2, 0.25) is 0 Å². The number of hydrogen-bond acceptors (Lipinski definition) is 1. The molecule has 0 heterocycles. The molecule has 0 aromatic rings. The second-order valence-electron chi connectivity index (χ2n) is 6.17. The molecule has 0 aliphatic heterocycles. The van der Waals surface area contributed by atoms with Crippen LogP contribution in [-0.2, 0) is 4.74 Å². The molecule has 1 rings (SSSR count). The van der Waals surface area contributed by atoms with Crippen molar-refractivity contribution in [2.75, 3.05) is 7.11 Å². The Labute approximate surface area is 89.2 Å². The molecule has 0 bridgehead atoms. The zero-order valence-corrected chi connectivity index (χ0v) is 10.5. The summed E-state index contributed by atoms with van der Waals surface area (Å²) in [5.41, 5.74) is 0.972. The highest BCUT2D eigenvalue weighted by Gasteiger charge is 2.40. The summed E-state index contributed by atoms with van der Waals surface area (Å²) < 4.78 is 5.57. The Bertz CT molecular complexity index is 186. The van der Waals surface area contributed by atoms with Crippen molar-refractivity contribution in [2.45, 2.75) is 65.9 Å². The number of rotatable bonds is 3. The van der Waals surface area contributed by atoms with Gasteiger partial charge in [-0.2, -0.15) is 0 Å². The topological polar surface area (TPSA) is 9.23 Å². The number of methoxy groups -OCH3 is 1. The lowest BCUT2D eigenvalue weighted by Crippen LogP contribution is -2.39. The van der Waals surface area contributed by atoms with Gasteiger partial charge in [0.05, 0.1) is 6.10 Å². The molecule has 14 heavy (non-hydrogen) atoms. The van der Waals surface area contributed by atoms with Crippen molar-refractivity contribution < 1.29 is 4.74 Å². The minimum absolute atomic E-state index is 0.461. The summed E-state index contributed by atoms with van der Waals surface area (Å²) in [7, 11) is 1.86. The van der Waals surface area contributed by atoms with Gasteiger partial charge >= 0.3 is 0 Å². The zero-order valence-electron chi connectivity index (χ0n) is 10.5. The van der Waals surface area contributed by atoms with Gasteiger partial charge < -0.3 is 4.74 Å². The maximum Gasteiger partial charge on any atom is 0.0581 e. The van der Waals surface area contributed by atoms with Crippen molar-refractivity contribution in [1.82, 2.24) is 0 Å². The summed E-state index contributed by atoms with van der Waals surface area (Å²) in [6.45, 7) is 9.48. The summed E-state index contributed by atoms with van der Waals surface area (Å²) in [4.78, 5) is 0. The van der Waals surface area contributed by atoms with Crippen LogP contribution >= 0.6 is 0 Å². The summed E-state index contributed by atoms with van der Waals surface area (Å²) >= 11 is 0. The second-order valence-corrected chi connectivity index (χ2v) is 6.17. The van der Waals surface area contributed by atoms with Crippen LogP contribution in [0.5, 0.6) is 0 Å². The Hall–Kier alpha value is -0.0400. The molecule has 0 aromatic heterocycles. The van der Waals surface area contributed by atoms with E-state index in [1.807, 2.05) is 7.11 Å². The van der Waals surface area contributed by atoms with Crippen LogP contribution in [-0.4, -0.2) is 13.2 Å². The summed E-state index contributed by atoms with van der Waals surface area (Å²) in [6, 6.07) is 0. The van der Waals surface area contributed by atoms with Gasteiger partial charge in [-0.15, -0.1) is 0 Å². The van der Waals surface area contributed by atoms with Crippen molar-refractivity contribution in [3.63, 3.8) is 0 Å². The van der Waals surface area contributed by atoms with Gasteiger partial charge in [-0.3, -0.25) is 0 Å². The molecule has 1 nitrogen and oxygen atoms in total. The Kier molecular flexibility index (Phi) is 3.63. The monoisotopic (exact) mass is 198 g/mol. The highest BCUT2D eigenvalue weighted by atomic mass is 16.5. The minimum Gasteiger partial charge on any atom is -0.381 e. The van der Waals surface area contributed by atoms with Crippen molar-refractivity contribution in [3.8, 4) is 0 Å². The molecule has 1 heteroatoms. The van der Waals surface area contributed by atoms with Gasteiger partial charge in [-0.05, 0) is 36.5 Å². The van der Waals surface area contributed by atoms with Crippen LogP contribution < -0.4 is 0 Å². The molecular weight excluding hydrogens is 172 g/mol. The van der Waals surface area contributed by atoms with Crippen LogP contribution in [0.15, 0.2) is 0 Å². The molecule has 0 saturated heterocycles. The third kappa shape index (κ3) is 2.98. The Balaban J connectivity index is 2.69. The van der Waals surface area contributed by atoms with Crippen molar-refractivity contribution in [3.05, 3.63) is 0 Å². The van der Waals surface area contributed by atoms with E-state index in [-0.39, 0.29) is 0 Å². The van der Waals surface area contributed by atoms with Gasteiger partial charge in [0.2, 0.25) is 0 Å². The molecule has 0 aromatic carbocycles. The Morgan fingerprint density at radius 3 is 2.36 bits per heavy atom. The third-order valence-corrected chi connectivity index (χ3v) is 3.59. The number of ether oxygens (including phenoxy) is 1. The smallest absolute Gasteiger partial charge is 0.0581 e. The highest BCUT2D eigenvalue weighted by molar-refractivity contribution is 4.91. The summed E-state index contributed by atoms with van der Waals surface area (Å²) in [6.07, 6.45) is 6.95. The lowest BCUT2D eigenvalue weighted by Gasteiger charge is -2.46. The van der Waals surface area contributed by atoms with E-state index < -0.39 is 0 Å². The van der Waals surface area contributed by atoms with Gasteiger partial charge in [-0.1, -0.05) is 34.1 Å². The van der Waals surface area contributed by atoms with Crippen molar-refractivity contribution in [2.24, 2.45) is 10.8 Å². The van der Waals surface area contributed by atoms with E-state index in [0.29, 0.717) is 16.9 Å². The van der Waals surface area contributed by atoms with Crippen LogP contribution in [0, 0.1) is 10.8 Å². The quantitative estimate of drug-likeness (QED) is 0.665. The standard InChI is InChI=1S/C13H26O/c1-6-7-13(4)9-11(14-5)8-12(2,3)10-13/h11H,6-10H2,1-5H3. The Morgan fingerprint density at radius 2 is 1.86 bits per heavy atom. The number of hydrogen-bond donors (Lipinski definition) is 0. The third-order valence-electron chi connectivity index (χ3n) is 3.59. The Morgan fingerprint density at radius 1 is 1.21 bits per heavy atom. The SMILES string of the molecule is CCCC1(C)CC(OC)CC(C)(C)C1. The fourth-order valence-corrected chi connectivity index (χ4v) is 3.50. The molecule has 0 amide bonds. The first-order valence-electron chi connectivity index (χ1n) is 5.94. The van der Waals surface area contributed by atoms with Gasteiger partial charge in [0, 0.05) is 7.11 Å². The second kappa shape index (κ2) is 4.22. The van der Waals surface area contributed by atoms with Gasteiger partial charge in [-0.25, -0.2) is 0 Å². The van der Waals surface area contributed by atoms with Crippen molar-refractivity contribution >= 4 is 0 Å². The maximum atomic E-state index is 5.57. The molecule has 1 aliphatic carbocycles. The largest absolute Gasteiger partial charge is 0.381 e. The van der Waals surface area contributed by atoms with Crippen LogP contribution in [0.4, 0.5) is 0 Å². The predicted octanol–water partition coefficient (Wildman–Crippen LogP) is 4.02. The van der Waals surface area contributed by atoms with Crippen LogP contribution in [0.25, 0.3) is 0 Å². The lowest BCUT2D eigenvalue weighted by atomic mass is 9.62. The maximum absolute atomic E-state index is 5.57. The molecule has 0 N–H and O–H groups in total. The van der Waals surface area contributed by atoms with E-state index in [2.05, 4.69) is 27.7 Å². The average molecular weight is 198 g/mol. The van der Waals surface area contributed by atoms with Crippen LogP contribution in [0.3, 0.4) is 0 Å². The molecule has 0 spiro atoms. The van der Waals surface area contributed by atoms with Gasteiger partial charge in [0.25, 0.3) is 0 Å². The minimum atomic E-state index is 0.461. The molecule has 2 unspecified atom stereocenters. The predicted molar refractivity (Wildman–Crippen MR) is 61.4 cm³/mol. The van der Waals surface area contributed by atoms with E-state index in [0.717, 1.165) is 0 Å². The van der Waals surface area contributed by atoms with E-state index in [1.165, 1.54) is 32.1 Å².